The van der Waals surface area contributed by atoms with Gasteiger partial charge in [-0.1, -0.05) is 18.9 Å². The molecule has 1 saturated carbocycles. The molecule has 1 N–H and O–H groups in total. The van der Waals surface area contributed by atoms with Crippen molar-refractivity contribution in [3.05, 3.63) is 86.5 Å². The van der Waals surface area contributed by atoms with Crippen LogP contribution < -0.4 is 11.0 Å². The number of hydrogen-bond donors (Lipinski definition) is 1. The molecule has 2 heterocycles. The van der Waals surface area contributed by atoms with Gasteiger partial charge in [0.1, 0.15) is 5.69 Å². The lowest BCUT2D eigenvalue weighted by Crippen LogP contribution is -2.41. The van der Waals surface area contributed by atoms with Gasteiger partial charge in [-0.15, -0.1) is 0 Å². The second kappa shape index (κ2) is 10.2. The van der Waals surface area contributed by atoms with Gasteiger partial charge in [-0.25, -0.2) is 18.8 Å². The van der Waals surface area contributed by atoms with Gasteiger partial charge in [0, 0.05) is 10.5 Å². The number of alkyl halides is 3. The molecule has 0 saturated heterocycles. The number of halogens is 4. The molecule has 2 aromatic heterocycles. The van der Waals surface area contributed by atoms with Crippen LogP contribution in [0.25, 0.3) is 22.8 Å². The normalized spacial score (nSPS) is 13.9. The molecule has 0 aliphatic heterocycles. The lowest BCUT2D eigenvalue weighted by Gasteiger charge is -2.15. The van der Waals surface area contributed by atoms with E-state index < -0.39 is 23.5 Å². The Morgan fingerprint density at radius 3 is 2.56 bits per heavy atom. The van der Waals surface area contributed by atoms with Crippen LogP contribution in [0.2, 0.25) is 0 Å². The fourth-order valence-corrected chi connectivity index (χ4v) is 5.50. The molecule has 0 atom stereocenters. The summed E-state index contributed by atoms with van der Waals surface area (Å²) in [5.41, 5.74) is 0.0176. The standard InChI is InChI=1S/C27H22BrF3N6O2/c1-16-24(23-11-12-33-37(23)22-10-9-17(15-32)13-21(22)28)36(25(38)34-19-6-2-3-7-19)26(39)35(16)20-8-4-5-18(14-20)27(29,30)31/h4-5,8-14,19H,2-3,6-7H2,1H3,(H,34,38). The number of carbonyl (C=O) groups is 1. The summed E-state index contributed by atoms with van der Waals surface area (Å²) in [5, 5.41) is 16.5. The number of benzene rings is 2. The van der Waals surface area contributed by atoms with E-state index in [4.69, 9.17) is 0 Å². The van der Waals surface area contributed by atoms with Crippen LogP contribution in [0.1, 0.15) is 42.5 Å². The third-order valence-electron chi connectivity index (χ3n) is 6.79. The van der Waals surface area contributed by atoms with Crippen LogP contribution in [-0.4, -0.2) is 31.0 Å². The van der Waals surface area contributed by atoms with Crippen molar-refractivity contribution in [3.63, 3.8) is 0 Å². The predicted molar refractivity (Wildman–Crippen MR) is 141 cm³/mol. The molecule has 39 heavy (non-hydrogen) atoms. The van der Waals surface area contributed by atoms with Crippen molar-refractivity contribution >= 4 is 22.0 Å². The minimum absolute atomic E-state index is 0.0217. The first kappa shape index (κ1) is 26.5. The van der Waals surface area contributed by atoms with E-state index in [1.54, 1.807) is 31.2 Å². The molecule has 8 nitrogen and oxygen atoms in total. The van der Waals surface area contributed by atoms with Crippen LogP contribution in [0.4, 0.5) is 18.0 Å². The average Bonchev–Trinajstić information content (AvgIpc) is 3.63. The summed E-state index contributed by atoms with van der Waals surface area (Å²) in [5.74, 6) is 0. The van der Waals surface area contributed by atoms with Crippen molar-refractivity contribution in [1.29, 1.82) is 5.26 Å². The molecule has 0 spiro atoms. The first-order valence-corrected chi connectivity index (χ1v) is 13.0. The van der Waals surface area contributed by atoms with Crippen LogP contribution in [0.15, 0.2) is 64.0 Å². The first-order chi connectivity index (χ1) is 18.6. The summed E-state index contributed by atoms with van der Waals surface area (Å²) >= 11 is 3.45. The summed E-state index contributed by atoms with van der Waals surface area (Å²) < 4.78 is 44.6. The second-order valence-electron chi connectivity index (χ2n) is 9.27. The van der Waals surface area contributed by atoms with Gasteiger partial charge in [-0.05, 0) is 78.2 Å². The molecule has 1 fully saturated rings. The Morgan fingerprint density at radius 1 is 1.15 bits per heavy atom. The van der Waals surface area contributed by atoms with Crippen molar-refractivity contribution in [1.82, 2.24) is 24.2 Å². The summed E-state index contributed by atoms with van der Waals surface area (Å²) in [6.07, 6.45) is 0.343. The lowest BCUT2D eigenvalue weighted by atomic mass is 10.1. The van der Waals surface area contributed by atoms with E-state index in [9.17, 15) is 28.0 Å². The van der Waals surface area contributed by atoms with Crippen molar-refractivity contribution in [2.45, 2.75) is 44.8 Å². The van der Waals surface area contributed by atoms with E-state index in [0.29, 0.717) is 21.4 Å². The molecular formula is C27H22BrF3N6O2. The zero-order valence-corrected chi connectivity index (χ0v) is 22.3. The highest BCUT2D eigenvalue weighted by Gasteiger charge is 2.32. The number of hydrogen-bond acceptors (Lipinski definition) is 4. The number of amides is 1. The summed E-state index contributed by atoms with van der Waals surface area (Å²) in [7, 11) is 0. The van der Waals surface area contributed by atoms with Crippen LogP contribution in [0, 0.1) is 18.3 Å². The number of rotatable bonds is 4. The maximum absolute atomic E-state index is 13.8. The number of carbonyl (C=O) groups excluding carboxylic acids is 1. The van der Waals surface area contributed by atoms with Gasteiger partial charge in [0.25, 0.3) is 0 Å². The number of aromatic nitrogens is 4. The van der Waals surface area contributed by atoms with E-state index in [0.717, 1.165) is 47.0 Å². The zero-order valence-electron chi connectivity index (χ0n) is 20.7. The lowest BCUT2D eigenvalue weighted by molar-refractivity contribution is -0.137. The van der Waals surface area contributed by atoms with E-state index >= 15 is 0 Å². The molecule has 5 rings (SSSR count). The van der Waals surface area contributed by atoms with Gasteiger partial charge in [-0.3, -0.25) is 4.57 Å². The second-order valence-corrected chi connectivity index (χ2v) is 10.1. The number of nitriles is 1. The van der Waals surface area contributed by atoms with Crippen molar-refractivity contribution in [2.75, 3.05) is 0 Å². The van der Waals surface area contributed by atoms with Gasteiger partial charge in [-0.2, -0.15) is 23.5 Å². The molecule has 1 amide bonds. The quantitative estimate of drug-likeness (QED) is 0.314. The highest BCUT2D eigenvalue weighted by molar-refractivity contribution is 9.10. The molecule has 2 aromatic carbocycles. The van der Waals surface area contributed by atoms with E-state index in [-0.39, 0.29) is 23.1 Å². The smallest absolute Gasteiger partial charge is 0.335 e. The first-order valence-electron chi connectivity index (χ1n) is 12.2. The van der Waals surface area contributed by atoms with Gasteiger partial charge in [0.2, 0.25) is 0 Å². The molecule has 0 radical (unpaired) electrons. The third-order valence-corrected chi connectivity index (χ3v) is 7.43. The Kier molecular flexibility index (Phi) is 6.94. The summed E-state index contributed by atoms with van der Waals surface area (Å²) in [4.78, 5) is 27.3. The Morgan fingerprint density at radius 2 is 1.90 bits per heavy atom. The largest absolute Gasteiger partial charge is 0.416 e. The topological polar surface area (TPSA) is 97.6 Å². The minimum Gasteiger partial charge on any atom is -0.335 e. The van der Waals surface area contributed by atoms with E-state index in [1.807, 2.05) is 0 Å². The molecule has 1 aliphatic rings. The van der Waals surface area contributed by atoms with Gasteiger partial charge >= 0.3 is 17.9 Å². The Bertz CT molecular complexity index is 1670. The van der Waals surface area contributed by atoms with Crippen LogP contribution in [-0.2, 0) is 6.18 Å². The summed E-state index contributed by atoms with van der Waals surface area (Å²) in [6.45, 7) is 1.57. The number of imidazole rings is 1. The summed E-state index contributed by atoms with van der Waals surface area (Å²) in [6, 6.07) is 12.2. The molecule has 200 valence electrons. The van der Waals surface area contributed by atoms with Crippen LogP contribution in [0.3, 0.4) is 0 Å². The SMILES string of the molecule is Cc1c(-c2ccnn2-c2ccc(C#N)cc2Br)n(C(=O)NC2CCCC2)c(=O)n1-c1cccc(C(F)(F)F)c1. The number of nitrogens with zero attached hydrogens (tertiary/aromatic N) is 5. The third kappa shape index (κ3) is 4.90. The van der Waals surface area contributed by atoms with Crippen LogP contribution in [0.5, 0.6) is 0 Å². The predicted octanol–water partition coefficient (Wildman–Crippen LogP) is 5.95. The van der Waals surface area contributed by atoms with Crippen molar-refractivity contribution in [3.8, 4) is 28.8 Å². The van der Waals surface area contributed by atoms with Gasteiger partial charge in [0.15, 0.2) is 0 Å². The molecule has 4 aromatic rings. The highest BCUT2D eigenvalue weighted by Crippen LogP contribution is 2.33. The molecular weight excluding hydrogens is 577 g/mol. The average molecular weight is 599 g/mol. The maximum Gasteiger partial charge on any atom is 0.416 e. The fourth-order valence-electron chi connectivity index (χ4n) is 4.95. The Labute approximate surface area is 229 Å². The zero-order chi connectivity index (χ0) is 27.9. The Hall–Kier alpha value is -4.11. The molecule has 0 unspecified atom stereocenters. The van der Waals surface area contributed by atoms with Crippen LogP contribution >= 0.6 is 15.9 Å². The van der Waals surface area contributed by atoms with Crippen molar-refractivity contribution in [2.24, 2.45) is 0 Å². The maximum atomic E-state index is 13.8. The Balaban J connectivity index is 1.73. The minimum atomic E-state index is -4.61. The van der Waals surface area contributed by atoms with Gasteiger partial charge < -0.3 is 5.32 Å². The fraction of sp³-hybridized carbons (Fsp3) is 0.259. The number of nitrogens with one attached hydrogen (secondary N) is 1. The highest BCUT2D eigenvalue weighted by atomic mass is 79.9. The molecule has 12 heteroatoms. The molecule has 1 aliphatic carbocycles. The van der Waals surface area contributed by atoms with Crippen molar-refractivity contribution < 1.29 is 18.0 Å². The van der Waals surface area contributed by atoms with E-state index in [2.05, 4.69) is 32.4 Å². The van der Waals surface area contributed by atoms with E-state index in [1.165, 1.54) is 23.0 Å². The van der Waals surface area contributed by atoms with Gasteiger partial charge in [0.05, 0.1) is 46.2 Å². The monoisotopic (exact) mass is 598 g/mol. The molecule has 0 bridgehead atoms.